The molecule has 0 bridgehead atoms. The SMILES string of the molecule is CN(CC1CC(=O)N(C(C)(C)C)C1)C(=O)Nc1ccc2c(c1)Cc1ccccc1-2. The predicted octanol–water partition coefficient (Wildman–Crippen LogP) is 4.37. The number of amides is 3. The van der Waals surface area contributed by atoms with Gasteiger partial charge in [0, 0.05) is 43.7 Å². The van der Waals surface area contributed by atoms with E-state index in [9.17, 15) is 9.59 Å². The van der Waals surface area contributed by atoms with Crippen molar-refractivity contribution in [2.75, 3.05) is 25.5 Å². The fourth-order valence-corrected chi connectivity index (χ4v) is 4.46. The topological polar surface area (TPSA) is 52.7 Å². The van der Waals surface area contributed by atoms with Crippen molar-refractivity contribution in [1.82, 2.24) is 9.80 Å². The molecule has 2 aromatic carbocycles. The fraction of sp³-hybridized carbons (Fsp3) is 0.417. The molecule has 4 rings (SSSR count). The number of fused-ring (bicyclic) bond motifs is 3. The number of carbonyl (C=O) groups is 2. The summed E-state index contributed by atoms with van der Waals surface area (Å²) in [6, 6.07) is 14.4. The van der Waals surface area contributed by atoms with Gasteiger partial charge in [0.1, 0.15) is 0 Å². The zero-order valence-electron chi connectivity index (χ0n) is 17.7. The molecule has 152 valence electrons. The van der Waals surface area contributed by atoms with Gasteiger partial charge in [0.15, 0.2) is 0 Å². The van der Waals surface area contributed by atoms with Gasteiger partial charge in [0.25, 0.3) is 0 Å². The summed E-state index contributed by atoms with van der Waals surface area (Å²) in [4.78, 5) is 28.6. The Hall–Kier alpha value is -2.82. The van der Waals surface area contributed by atoms with Gasteiger partial charge in [-0.15, -0.1) is 0 Å². The van der Waals surface area contributed by atoms with E-state index < -0.39 is 0 Å². The van der Waals surface area contributed by atoms with Gasteiger partial charge >= 0.3 is 6.03 Å². The molecule has 1 N–H and O–H groups in total. The molecule has 2 aromatic rings. The van der Waals surface area contributed by atoms with Gasteiger partial charge in [-0.1, -0.05) is 30.3 Å². The van der Waals surface area contributed by atoms with Crippen LogP contribution in [0.25, 0.3) is 11.1 Å². The van der Waals surface area contributed by atoms with E-state index in [1.54, 1.807) is 11.9 Å². The molecule has 29 heavy (non-hydrogen) atoms. The third kappa shape index (κ3) is 3.86. The zero-order chi connectivity index (χ0) is 20.8. The van der Waals surface area contributed by atoms with Gasteiger partial charge in [-0.25, -0.2) is 4.79 Å². The molecule has 5 nitrogen and oxygen atoms in total. The first-order valence-electron chi connectivity index (χ1n) is 10.3. The van der Waals surface area contributed by atoms with Gasteiger partial charge in [-0.2, -0.15) is 0 Å². The Bertz CT molecular complexity index is 961. The Morgan fingerprint density at radius 2 is 1.86 bits per heavy atom. The molecule has 0 spiro atoms. The van der Waals surface area contributed by atoms with Crippen LogP contribution in [-0.4, -0.2) is 47.4 Å². The molecule has 1 aliphatic heterocycles. The highest BCUT2D eigenvalue weighted by atomic mass is 16.2. The van der Waals surface area contributed by atoms with Crippen molar-refractivity contribution in [3.8, 4) is 11.1 Å². The van der Waals surface area contributed by atoms with Crippen LogP contribution >= 0.6 is 0 Å². The Morgan fingerprint density at radius 3 is 2.59 bits per heavy atom. The van der Waals surface area contributed by atoms with Crippen LogP contribution in [0, 0.1) is 5.92 Å². The van der Waals surface area contributed by atoms with E-state index in [-0.39, 0.29) is 23.4 Å². The molecule has 3 amide bonds. The van der Waals surface area contributed by atoms with Gasteiger partial charge < -0.3 is 15.1 Å². The van der Waals surface area contributed by atoms with Crippen molar-refractivity contribution in [2.45, 2.75) is 39.2 Å². The fourth-order valence-electron chi connectivity index (χ4n) is 4.46. The molecule has 1 atom stereocenters. The predicted molar refractivity (Wildman–Crippen MR) is 116 cm³/mol. The Balaban J connectivity index is 1.38. The summed E-state index contributed by atoms with van der Waals surface area (Å²) in [5.74, 6) is 0.349. The van der Waals surface area contributed by atoms with Gasteiger partial charge in [-0.3, -0.25) is 4.79 Å². The van der Waals surface area contributed by atoms with Crippen molar-refractivity contribution < 1.29 is 9.59 Å². The first-order valence-corrected chi connectivity index (χ1v) is 10.3. The minimum Gasteiger partial charge on any atom is -0.337 e. The maximum Gasteiger partial charge on any atom is 0.321 e. The molecule has 0 radical (unpaired) electrons. The lowest BCUT2D eigenvalue weighted by Crippen LogP contribution is -2.43. The van der Waals surface area contributed by atoms with Crippen LogP contribution in [0.1, 0.15) is 38.3 Å². The summed E-state index contributed by atoms with van der Waals surface area (Å²) >= 11 is 0. The van der Waals surface area contributed by atoms with Crippen LogP contribution in [-0.2, 0) is 11.2 Å². The Kier molecular flexibility index (Phi) is 4.85. The molecule has 1 aliphatic carbocycles. The number of anilines is 1. The van der Waals surface area contributed by atoms with Gasteiger partial charge in [0.05, 0.1) is 0 Å². The number of nitrogens with zero attached hydrogens (tertiary/aromatic N) is 2. The van der Waals surface area contributed by atoms with Crippen LogP contribution in [0.15, 0.2) is 42.5 Å². The number of rotatable bonds is 3. The summed E-state index contributed by atoms with van der Waals surface area (Å²) in [6.07, 6.45) is 1.41. The molecular weight excluding hydrogens is 362 g/mol. The van der Waals surface area contributed by atoms with Gasteiger partial charge in [0.2, 0.25) is 5.91 Å². The lowest BCUT2D eigenvalue weighted by Gasteiger charge is -2.32. The summed E-state index contributed by atoms with van der Waals surface area (Å²) < 4.78 is 0. The van der Waals surface area contributed by atoms with E-state index in [0.717, 1.165) is 12.1 Å². The van der Waals surface area contributed by atoms with E-state index in [2.05, 4.69) is 62.5 Å². The maximum atomic E-state index is 12.7. The van der Waals surface area contributed by atoms with E-state index in [1.807, 2.05) is 11.0 Å². The summed E-state index contributed by atoms with van der Waals surface area (Å²) in [7, 11) is 1.79. The standard InChI is InChI=1S/C24H29N3O2/c1-24(2,3)27-15-16(11-22(27)28)14-26(4)23(29)25-19-9-10-21-18(13-19)12-17-7-5-6-8-20(17)21/h5-10,13,16H,11-12,14-15H2,1-4H3,(H,25,29). The van der Waals surface area contributed by atoms with Crippen LogP contribution in [0.3, 0.4) is 0 Å². The van der Waals surface area contributed by atoms with Crippen LogP contribution in [0.5, 0.6) is 0 Å². The summed E-state index contributed by atoms with van der Waals surface area (Å²) in [5.41, 5.74) is 5.75. The highest BCUT2D eigenvalue weighted by Gasteiger charge is 2.36. The average molecular weight is 392 g/mol. The number of hydrogen-bond acceptors (Lipinski definition) is 2. The van der Waals surface area contributed by atoms with E-state index in [0.29, 0.717) is 19.5 Å². The molecule has 0 aromatic heterocycles. The quantitative estimate of drug-likeness (QED) is 0.721. The number of carbonyl (C=O) groups excluding carboxylic acids is 2. The van der Waals surface area contributed by atoms with Gasteiger partial charge in [-0.05, 0) is 61.6 Å². The minimum absolute atomic E-state index is 0.137. The monoisotopic (exact) mass is 391 g/mol. The second kappa shape index (κ2) is 7.21. The van der Waals surface area contributed by atoms with Crippen molar-refractivity contribution in [3.05, 3.63) is 53.6 Å². The lowest BCUT2D eigenvalue weighted by atomic mass is 10.1. The highest BCUT2D eigenvalue weighted by molar-refractivity contribution is 5.90. The first kappa shape index (κ1) is 19.5. The second-order valence-corrected chi connectivity index (χ2v) is 9.26. The molecule has 1 heterocycles. The minimum atomic E-state index is -0.172. The molecular formula is C24H29N3O2. The van der Waals surface area contributed by atoms with Crippen LogP contribution < -0.4 is 5.32 Å². The number of urea groups is 1. The van der Waals surface area contributed by atoms with Crippen molar-refractivity contribution >= 4 is 17.6 Å². The lowest BCUT2D eigenvalue weighted by molar-refractivity contribution is -0.131. The van der Waals surface area contributed by atoms with Crippen molar-refractivity contribution in [1.29, 1.82) is 0 Å². The number of nitrogens with one attached hydrogen (secondary N) is 1. The highest BCUT2D eigenvalue weighted by Crippen LogP contribution is 2.37. The molecule has 1 saturated heterocycles. The van der Waals surface area contributed by atoms with E-state index in [1.165, 1.54) is 22.3 Å². The number of hydrogen-bond donors (Lipinski definition) is 1. The van der Waals surface area contributed by atoms with Crippen LogP contribution in [0.2, 0.25) is 0 Å². The average Bonchev–Trinajstić information content (AvgIpc) is 3.21. The first-order chi connectivity index (χ1) is 13.7. The largest absolute Gasteiger partial charge is 0.337 e. The maximum absolute atomic E-state index is 12.7. The number of benzene rings is 2. The number of likely N-dealkylation sites (tertiary alicyclic amines) is 1. The Morgan fingerprint density at radius 1 is 1.14 bits per heavy atom. The summed E-state index contributed by atoms with van der Waals surface area (Å²) in [6.45, 7) is 7.43. The third-order valence-corrected chi connectivity index (χ3v) is 5.94. The molecule has 2 aliphatic rings. The molecule has 1 unspecified atom stereocenters. The molecule has 5 heteroatoms. The van der Waals surface area contributed by atoms with Crippen molar-refractivity contribution in [3.63, 3.8) is 0 Å². The smallest absolute Gasteiger partial charge is 0.321 e. The molecule has 0 saturated carbocycles. The second-order valence-electron chi connectivity index (χ2n) is 9.26. The van der Waals surface area contributed by atoms with E-state index >= 15 is 0 Å². The summed E-state index contributed by atoms with van der Waals surface area (Å²) in [5, 5.41) is 3.01. The third-order valence-electron chi connectivity index (χ3n) is 5.94. The zero-order valence-corrected chi connectivity index (χ0v) is 17.7. The van der Waals surface area contributed by atoms with Crippen molar-refractivity contribution in [2.24, 2.45) is 5.92 Å². The molecule has 1 fully saturated rings. The Labute approximate surface area is 172 Å². The normalized spacial score (nSPS) is 17.9. The van der Waals surface area contributed by atoms with Crippen LogP contribution in [0.4, 0.5) is 10.5 Å². The van der Waals surface area contributed by atoms with E-state index in [4.69, 9.17) is 0 Å².